The second kappa shape index (κ2) is 6.99. The summed E-state index contributed by atoms with van der Waals surface area (Å²) < 4.78 is 5.32. The van der Waals surface area contributed by atoms with Gasteiger partial charge in [-0.15, -0.1) is 11.3 Å². The van der Waals surface area contributed by atoms with Crippen molar-refractivity contribution in [3.8, 4) is 0 Å². The van der Waals surface area contributed by atoms with E-state index in [1.165, 1.54) is 17.7 Å². The van der Waals surface area contributed by atoms with Gasteiger partial charge in [0.25, 0.3) is 0 Å². The number of carbonyl (C=O) groups excluding carboxylic acids is 1. The molecule has 1 aromatic heterocycles. The van der Waals surface area contributed by atoms with Crippen LogP contribution in [0.25, 0.3) is 0 Å². The van der Waals surface area contributed by atoms with Gasteiger partial charge in [-0.25, -0.2) is 4.79 Å². The van der Waals surface area contributed by atoms with Crippen molar-refractivity contribution in [3.63, 3.8) is 0 Å². The van der Waals surface area contributed by atoms with Gasteiger partial charge in [0, 0.05) is 29.4 Å². The van der Waals surface area contributed by atoms with Gasteiger partial charge in [-0.05, 0) is 45.6 Å². The van der Waals surface area contributed by atoms with Crippen LogP contribution in [0.4, 0.5) is 4.79 Å². The molecule has 0 spiro atoms. The molecule has 2 N–H and O–H groups in total. The first-order valence-electron chi connectivity index (χ1n) is 7.26. The molecule has 1 saturated carbocycles. The van der Waals surface area contributed by atoms with Crippen LogP contribution in [-0.2, 0) is 11.3 Å². The number of ether oxygens (including phenoxy) is 1. The van der Waals surface area contributed by atoms with Crippen molar-refractivity contribution < 1.29 is 9.53 Å². The molecule has 118 valence electrons. The molecule has 0 saturated heterocycles. The largest absolute Gasteiger partial charge is 0.444 e. The van der Waals surface area contributed by atoms with Crippen LogP contribution in [0.5, 0.6) is 0 Å². The molecule has 1 atom stereocenters. The van der Waals surface area contributed by atoms with Gasteiger partial charge in [0.2, 0.25) is 0 Å². The van der Waals surface area contributed by atoms with E-state index in [1.807, 2.05) is 32.2 Å². The molecule has 0 bridgehead atoms. The number of hydrogen-bond donors (Lipinski definition) is 2. The number of nitrogens with one attached hydrogen (secondary N) is 2. The average Bonchev–Trinajstić information content (AvgIpc) is 3.10. The highest BCUT2D eigenvalue weighted by molar-refractivity contribution is 7.10. The van der Waals surface area contributed by atoms with E-state index in [-0.39, 0.29) is 12.1 Å². The minimum Gasteiger partial charge on any atom is -0.444 e. The number of rotatable bonds is 6. The first-order chi connectivity index (χ1) is 9.83. The maximum atomic E-state index is 11.9. The number of hydrogen-bond acceptors (Lipinski definition) is 4. The molecule has 0 aliphatic heterocycles. The second-order valence-electron chi connectivity index (χ2n) is 6.45. The van der Waals surface area contributed by atoms with Crippen LogP contribution in [0, 0.1) is 5.92 Å². The van der Waals surface area contributed by atoms with Gasteiger partial charge < -0.3 is 15.4 Å². The van der Waals surface area contributed by atoms with Gasteiger partial charge >= 0.3 is 6.09 Å². The van der Waals surface area contributed by atoms with E-state index < -0.39 is 5.60 Å². The third kappa shape index (κ3) is 6.24. The molecule has 1 heterocycles. The molecule has 1 unspecified atom stereocenters. The summed E-state index contributed by atoms with van der Waals surface area (Å²) in [6, 6.07) is 2.10. The van der Waals surface area contributed by atoms with Crippen LogP contribution in [0.2, 0.25) is 5.02 Å². The van der Waals surface area contributed by atoms with Crippen LogP contribution in [0.15, 0.2) is 11.4 Å². The quantitative estimate of drug-likeness (QED) is 0.834. The predicted molar refractivity (Wildman–Crippen MR) is 86.9 cm³/mol. The number of thiophene rings is 1. The zero-order valence-electron chi connectivity index (χ0n) is 12.7. The fourth-order valence-electron chi connectivity index (χ4n) is 2.09. The molecule has 0 radical (unpaired) electrons. The number of amides is 1. The number of carbonyl (C=O) groups is 1. The Morgan fingerprint density at radius 1 is 1.52 bits per heavy atom. The highest BCUT2D eigenvalue weighted by Gasteiger charge is 2.33. The first kappa shape index (κ1) is 16.6. The van der Waals surface area contributed by atoms with E-state index >= 15 is 0 Å². The third-order valence-electron chi connectivity index (χ3n) is 3.18. The van der Waals surface area contributed by atoms with E-state index in [0.29, 0.717) is 5.92 Å². The van der Waals surface area contributed by atoms with E-state index in [2.05, 4.69) is 10.6 Å². The molecule has 1 aliphatic carbocycles. The molecule has 4 nitrogen and oxygen atoms in total. The Kier molecular flexibility index (Phi) is 5.52. The Balaban J connectivity index is 1.76. The fourth-order valence-corrected chi connectivity index (χ4v) is 3.13. The first-order valence-corrected chi connectivity index (χ1v) is 8.52. The predicted octanol–water partition coefficient (Wildman–Crippen LogP) is 3.79. The van der Waals surface area contributed by atoms with Gasteiger partial charge in [-0.2, -0.15) is 0 Å². The van der Waals surface area contributed by atoms with Crippen LogP contribution in [-0.4, -0.2) is 24.3 Å². The van der Waals surface area contributed by atoms with Crippen molar-refractivity contribution in [1.82, 2.24) is 10.6 Å². The lowest BCUT2D eigenvalue weighted by Gasteiger charge is -2.23. The van der Waals surface area contributed by atoms with Crippen molar-refractivity contribution in [2.24, 2.45) is 5.92 Å². The van der Waals surface area contributed by atoms with Crippen LogP contribution >= 0.6 is 22.9 Å². The van der Waals surface area contributed by atoms with E-state index in [4.69, 9.17) is 16.3 Å². The van der Waals surface area contributed by atoms with Crippen molar-refractivity contribution in [1.29, 1.82) is 0 Å². The summed E-state index contributed by atoms with van der Waals surface area (Å²) >= 11 is 7.54. The fraction of sp³-hybridized carbons (Fsp3) is 0.667. The normalized spacial score (nSPS) is 16.6. The zero-order valence-corrected chi connectivity index (χ0v) is 14.3. The highest BCUT2D eigenvalue weighted by atomic mass is 35.5. The van der Waals surface area contributed by atoms with Crippen molar-refractivity contribution in [2.75, 3.05) is 6.54 Å². The van der Waals surface area contributed by atoms with E-state index in [1.54, 1.807) is 11.3 Å². The van der Waals surface area contributed by atoms with Crippen LogP contribution in [0.3, 0.4) is 0 Å². The van der Waals surface area contributed by atoms with Crippen LogP contribution < -0.4 is 10.6 Å². The summed E-state index contributed by atoms with van der Waals surface area (Å²) in [6.07, 6.45) is 2.01. The van der Waals surface area contributed by atoms with Gasteiger partial charge in [-0.1, -0.05) is 11.6 Å². The average molecular weight is 331 g/mol. The highest BCUT2D eigenvalue weighted by Crippen LogP contribution is 2.32. The molecule has 6 heteroatoms. The SMILES string of the molecule is CC(C)(C)OC(=O)NC(CNCc1cc(Cl)cs1)C1CC1. The Bertz CT molecular complexity index is 480. The summed E-state index contributed by atoms with van der Waals surface area (Å²) in [7, 11) is 0. The standard InChI is InChI=1S/C15H23ClN2O2S/c1-15(2,3)20-14(19)18-13(10-4-5-10)8-17-7-12-6-11(16)9-21-12/h6,9-10,13,17H,4-5,7-8H2,1-3H3,(H,18,19). The van der Waals surface area contributed by atoms with E-state index in [9.17, 15) is 4.79 Å². The Labute approximate surface area is 135 Å². The summed E-state index contributed by atoms with van der Waals surface area (Å²) in [5.41, 5.74) is -0.459. The molecular formula is C15H23ClN2O2S. The Hall–Kier alpha value is -0.780. The maximum Gasteiger partial charge on any atom is 0.407 e. The van der Waals surface area contributed by atoms with Crippen molar-refractivity contribution >= 4 is 29.0 Å². The molecule has 1 fully saturated rings. The van der Waals surface area contributed by atoms with Crippen molar-refractivity contribution in [2.45, 2.75) is 51.8 Å². The smallest absolute Gasteiger partial charge is 0.407 e. The molecule has 2 rings (SSSR count). The second-order valence-corrected chi connectivity index (χ2v) is 7.88. The van der Waals surface area contributed by atoms with Gasteiger partial charge in [0.15, 0.2) is 0 Å². The van der Waals surface area contributed by atoms with Gasteiger partial charge in [-0.3, -0.25) is 0 Å². The number of halogens is 1. The van der Waals surface area contributed by atoms with Gasteiger partial charge in [0.1, 0.15) is 5.60 Å². The summed E-state index contributed by atoms with van der Waals surface area (Å²) in [4.78, 5) is 13.1. The summed E-state index contributed by atoms with van der Waals surface area (Å²) in [6.45, 7) is 7.14. The molecule has 21 heavy (non-hydrogen) atoms. The van der Waals surface area contributed by atoms with Crippen molar-refractivity contribution in [3.05, 3.63) is 21.3 Å². The Morgan fingerprint density at radius 3 is 2.76 bits per heavy atom. The molecule has 0 aromatic carbocycles. The molecule has 1 amide bonds. The summed E-state index contributed by atoms with van der Waals surface area (Å²) in [5, 5.41) is 9.07. The molecule has 1 aromatic rings. The maximum absolute atomic E-state index is 11.9. The molecular weight excluding hydrogens is 308 g/mol. The lowest BCUT2D eigenvalue weighted by Crippen LogP contribution is -2.45. The molecule has 1 aliphatic rings. The van der Waals surface area contributed by atoms with Crippen LogP contribution in [0.1, 0.15) is 38.5 Å². The number of alkyl carbamates (subject to hydrolysis) is 1. The topological polar surface area (TPSA) is 50.4 Å². The third-order valence-corrected chi connectivity index (χ3v) is 4.46. The monoisotopic (exact) mass is 330 g/mol. The minimum absolute atomic E-state index is 0.135. The zero-order chi connectivity index (χ0) is 15.5. The Morgan fingerprint density at radius 2 is 2.24 bits per heavy atom. The lowest BCUT2D eigenvalue weighted by atomic mass is 10.2. The van der Waals surface area contributed by atoms with Gasteiger partial charge in [0.05, 0.1) is 5.02 Å². The van der Waals surface area contributed by atoms with E-state index in [0.717, 1.165) is 18.1 Å². The minimum atomic E-state index is -0.459. The lowest BCUT2D eigenvalue weighted by molar-refractivity contribution is 0.0497. The summed E-state index contributed by atoms with van der Waals surface area (Å²) in [5.74, 6) is 0.567.